The van der Waals surface area contributed by atoms with E-state index in [1.54, 1.807) is 18.2 Å². The number of aromatic nitrogens is 3. The van der Waals surface area contributed by atoms with E-state index in [9.17, 15) is 18.4 Å². The van der Waals surface area contributed by atoms with E-state index in [0.717, 1.165) is 44.3 Å². The number of carbonyl (C=O) groups excluding carboxylic acids is 1. The zero-order chi connectivity index (χ0) is 28.9. The Morgan fingerprint density at radius 1 is 1.10 bits per heavy atom. The highest BCUT2D eigenvalue weighted by atomic mass is 19.1. The van der Waals surface area contributed by atoms with Crippen molar-refractivity contribution in [1.29, 1.82) is 0 Å². The number of ether oxygens (including phenoxy) is 2. The van der Waals surface area contributed by atoms with E-state index in [1.807, 2.05) is 0 Å². The van der Waals surface area contributed by atoms with Crippen molar-refractivity contribution in [3.05, 3.63) is 83.3 Å². The molecule has 3 heterocycles. The van der Waals surface area contributed by atoms with Gasteiger partial charge in [-0.1, -0.05) is 6.58 Å². The van der Waals surface area contributed by atoms with Gasteiger partial charge in [-0.25, -0.2) is 13.8 Å². The molecule has 0 radical (unpaired) electrons. The molecule has 1 aliphatic heterocycles. The Morgan fingerprint density at radius 2 is 1.90 bits per heavy atom. The fourth-order valence-corrected chi connectivity index (χ4v) is 4.40. The number of hydrogen-bond donors (Lipinski definition) is 2. The van der Waals surface area contributed by atoms with Gasteiger partial charge in [0.05, 0.1) is 12.8 Å². The van der Waals surface area contributed by atoms with E-state index in [-0.39, 0.29) is 23.4 Å². The summed E-state index contributed by atoms with van der Waals surface area (Å²) in [5.41, 5.74) is 0.808. The molecule has 12 heteroatoms. The van der Waals surface area contributed by atoms with Gasteiger partial charge in [-0.15, -0.1) is 0 Å². The zero-order valence-electron chi connectivity index (χ0n) is 22.3. The molecule has 1 amide bonds. The minimum absolute atomic E-state index is 0.136. The number of carbonyl (C=O) groups is 1. The number of rotatable bonds is 11. The standard InChI is InChI=1S/C29H28F2N6O4/c1-3-26(38)33-20-7-9-24(40-2)22(16-20)34-29-32-17-18-14-25(41-23-8-6-19(30)15-21(23)31)28(39)37(27(18)35-29)13-5-12-36-10-4-11-36/h3,6-9,14-17H,1,4-5,10-13H2,2H3,(H,33,38)(H,32,34,35). The number of likely N-dealkylation sites (tertiary alicyclic amines) is 1. The van der Waals surface area contributed by atoms with Gasteiger partial charge in [0, 0.05) is 29.9 Å². The lowest BCUT2D eigenvalue weighted by molar-refractivity contribution is -0.111. The first-order valence-electron chi connectivity index (χ1n) is 13.0. The number of aryl methyl sites for hydroxylation is 1. The number of nitrogens with zero attached hydrogens (tertiary/aromatic N) is 4. The lowest BCUT2D eigenvalue weighted by Gasteiger charge is -2.30. The van der Waals surface area contributed by atoms with Gasteiger partial charge >= 0.3 is 0 Å². The number of amides is 1. The van der Waals surface area contributed by atoms with Crippen molar-refractivity contribution < 1.29 is 23.0 Å². The summed E-state index contributed by atoms with van der Waals surface area (Å²) in [5, 5.41) is 6.26. The lowest BCUT2D eigenvalue weighted by atomic mass is 10.2. The molecule has 212 valence electrons. The molecular weight excluding hydrogens is 534 g/mol. The van der Waals surface area contributed by atoms with Crippen molar-refractivity contribution in [2.24, 2.45) is 0 Å². The maximum Gasteiger partial charge on any atom is 0.295 e. The van der Waals surface area contributed by atoms with Crippen LogP contribution in [0, 0.1) is 11.6 Å². The Labute approximate surface area is 234 Å². The second-order valence-electron chi connectivity index (χ2n) is 9.40. The van der Waals surface area contributed by atoms with Crippen LogP contribution in [0.4, 0.5) is 26.1 Å². The topological polar surface area (TPSA) is 111 Å². The van der Waals surface area contributed by atoms with Crippen LogP contribution in [-0.4, -0.2) is 52.1 Å². The second kappa shape index (κ2) is 12.1. The van der Waals surface area contributed by atoms with Gasteiger partial charge < -0.3 is 25.0 Å². The normalized spacial score (nSPS) is 13.0. The molecule has 0 bridgehead atoms. The highest BCUT2D eigenvalue weighted by Crippen LogP contribution is 2.31. The molecule has 10 nitrogen and oxygen atoms in total. The summed E-state index contributed by atoms with van der Waals surface area (Å²) < 4.78 is 40.2. The van der Waals surface area contributed by atoms with Crippen molar-refractivity contribution in [2.45, 2.75) is 19.4 Å². The predicted octanol–water partition coefficient (Wildman–Crippen LogP) is 4.83. The van der Waals surface area contributed by atoms with E-state index in [1.165, 1.54) is 23.9 Å². The highest BCUT2D eigenvalue weighted by Gasteiger charge is 2.18. The Bertz CT molecular complexity index is 1670. The Hall–Kier alpha value is -4.84. The third-order valence-electron chi connectivity index (χ3n) is 6.61. The number of methoxy groups -OCH3 is 1. The van der Waals surface area contributed by atoms with Crippen LogP contribution in [0.15, 0.2) is 66.1 Å². The summed E-state index contributed by atoms with van der Waals surface area (Å²) in [6.07, 6.45) is 4.50. The van der Waals surface area contributed by atoms with E-state index < -0.39 is 17.2 Å². The average Bonchev–Trinajstić information content (AvgIpc) is 2.93. The average molecular weight is 563 g/mol. The van der Waals surface area contributed by atoms with Crippen molar-refractivity contribution in [3.63, 3.8) is 0 Å². The molecule has 1 fully saturated rings. The number of fused-ring (bicyclic) bond motifs is 1. The quantitative estimate of drug-likeness (QED) is 0.250. The Kier molecular flexibility index (Phi) is 8.20. The van der Waals surface area contributed by atoms with Crippen LogP contribution in [0.1, 0.15) is 12.8 Å². The van der Waals surface area contributed by atoms with Crippen molar-refractivity contribution in [3.8, 4) is 17.2 Å². The molecule has 0 atom stereocenters. The summed E-state index contributed by atoms with van der Waals surface area (Å²) in [5.74, 6) is -1.81. The Balaban J connectivity index is 1.51. The Morgan fingerprint density at radius 3 is 2.61 bits per heavy atom. The van der Waals surface area contributed by atoms with Gasteiger partial charge in [0.25, 0.3) is 5.56 Å². The van der Waals surface area contributed by atoms with E-state index in [2.05, 4.69) is 32.1 Å². The molecule has 41 heavy (non-hydrogen) atoms. The lowest BCUT2D eigenvalue weighted by Crippen LogP contribution is -2.38. The minimum Gasteiger partial charge on any atom is -0.495 e. The first-order chi connectivity index (χ1) is 19.8. The molecule has 0 saturated carbocycles. The minimum atomic E-state index is -0.926. The van der Waals surface area contributed by atoms with E-state index in [4.69, 9.17) is 9.47 Å². The van der Waals surface area contributed by atoms with E-state index >= 15 is 0 Å². The summed E-state index contributed by atoms with van der Waals surface area (Å²) >= 11 is 0. The first kappa shape index (κ1) is 27.7. The maximum absolute atomic E-state index is 14.3. The maximum atomic E-state index is 14.3. The molecule has 1 aliphatic rings. The van der Waals surface area contributed by atoms with Crippen molar-refractivity contribution in [2.75, 3.05) is 37.4 Å². The molecule has 2 aromatic heterocycles. The van der Waals surface area contributed by atoms with Crippen LogP contribution >= 0.6 is 0 Å². The second-order valence-corrected chi connectivity index (χ2v) is 9.40. The number of nitrogens with one attached hydrogen (secondary N) is 2. The number of pyridine rings is 1. The van der Waals surface area contributed by atoms with Crippen LogP contribution < -0.4 is 25.7 Å². The molecule has 2 aromatic carbocycles. The molecule has 0 spiro atoms. The van der Waals surface area contributed by atoms with Crippen molar-refractivity contribution in [1.82, 2.24) is 19.4 Å². The summed E-state index contributed by atoms with van der Waals surface area (Å²) in [4.78, 5) is 36.6. The van der Waals surface area contributed by atoms with Gasteiger partial charge in [0.15, 0.2) is 17.3 Å². The summed E-state index contributed by atoms with van der Waals surface area (Å²) in [7, 11) is 1.50. The van der Waals surface area contributed by atoms with Crippen molar-refractivity contribution >= 4 is 34.3 Å². The van der Waals surface area contributed by atoms with Gasteiger partial charge in [-0.3, -0.25) is 14.2 Å². The smallest absolute Gasteiger partial charge is 0.295 e. The van der Waals surface area contributed by atoms with Crippen LogP contribution in [0.2, 0.25) is 0 Å². The first-order valence-corrected chi connectivity index (χ1v) is 13.0. The number of halogens is 2. The number of hydrogen-bond acceptors (Lipinski definition) is 8. The molecule has 0 unspecified atom stereocenters. The molecule has 2 N–H and O–H groups in total. The molecular formula is C29H28F2N6O4. The monoisotopic (exact) mass is 562 g/mol. The van der Waals surface area contributed by atoms with E-state index in [0.29, 0.717) is 47.2 Å². The van der Waals surface area contributed by atoms with Gasteiger partial charge in [-0.05, 0) is 75.0 Å². The van der Waals surface area contributed by atoms with Gasteiger partial charge in [-0.2, -0.15) is 4.98 Å². The van der Waals surface area contributed by atoms with Gasteiger partial charge in [0.1, 0.15) is 17.2 Å². The predicted molar refractivity (Wildman–Crippen MR) is 151 cm³/mol. The SMILES string of the molecule is C=CC(=O)Nc1ccc(OC)c(Nc2ncc3cc(Oc4ccc(F)cc4F)c(=O)n(CCCN4CCC4)c3n2)c1. The molecule has 4 aromatic rings. The molecule has 1 saturated heterocycles. The van der Waals surface area contributed by atoms with Crippen LogP contribution in [0.25, 0.3) is 11.0 Å². The van der Waals surface area contributed by atoms with Gasteiger partial charge in [0.2, 0.25) is 11.9 Å². The number of benzene rings is 2. The fraction of sp³-hybridized carbons (Fsp3) is 0.241. The molecule has 0 aliphatic carbocycles. The number of anilines is 3. The van der Waals surface area contributed by atoms with Crippen LogP contribution in [-0.2, 0) is 11.3 Å². The third kappa shape index (κ3) is 6.33. The zero-order valence-corrected chi connectivity index (χ0v) is 22.3. The van der Waals surface area contributed by atoms with Crippen LogP contribution in [0.5, 0.6) is 17.2 Å². The third-order valence-corrected chi connectivity index (χ3v) is 6.61. The summed E-state index contributed by atoms with van der Waals surface area (Å²) in [6.45, 7) is 6.64. The highest BCUT2D eigenvalue weighted by molar-refractivity contribution is 5.99. The largest absolute Gasteiger partial charge is 0.495 e. The summed E-state index contributed by atoms with van der Waals surface area (Å²) in [6, 6.07) is 9.31. The van der Waals surface area contributed by atoms with Crippen LogP contribution in [0.3, 0.4) is 0 Å². The fourth-order valence-electron chi connectivity index (χ4n) is 4.40. The molecule has 5 rings (SSSR count).